The van der Waals surface area contributed by atoms with Crippen molar-refractivity contribution in [2.45, 2.75) is 0 Å². The Labute approximate surface area is 76.1 Å². The zero-order chi connectivity index (χ0) is 9.10. The van der Waals surface area contributed by atoms with Crippen LogP contribution in [0.15, 0.2) is 47.5 Å². The molecule has 0 saturated carbocycles. The summed E-state index contributed by atoms with van der Waals surface area (Å²) >= 11 is 0. The summed E-state index contributed by atoms with van der Waals surface area (Å²) in [6.07, 6.45) is 0. The number of benzene rings is 2. The largest absolute Gasteiger partial charge is 0.241 e. The first-order valence-electron chi connectivity index (χ1n) is 4.02. The average Bonchev–Trinajstić information content (AvgIpc) is 2.19. The van der Waals surface area contributed by atoms with Crippen LogP contribution in [0.3, 0.4) is 0 Å². The molecule has 2 heteroatoms. The van der Waals surface area contributed by atoms with Gasteiger partial charge in [0.25, 0.3) is 0 Å². The van der Waals surface area contributed by atoms with Gasteiger partial charge in [0.1, 0.15) is 0 Å². The molecule has 0 aliphatic carbocycles. The molecule has 0 spiro atoms. The fourth-order valence-corrected chi connectivity index (χ4v) is 1.37. The molecule has 0 atom stereocenters. The molecule has 2 nitrogen and oxygen atoms in total. The van der Waals surface area contributed by atoms with Crippen LogP contribution in [0.2, 0.25) is 0 Å². The highest BCUT2D eigenvalue weighted by Crippen LogP contribution is 2.24. The zero-order valence-corrected chi connectivity index (χ0v) is 6.99. The van der Waals surface area contributed by atoms with Gasteiger partial charge in [-0.05, 0) is 11.5 Å². The van der Waals surface area contributed by atoms with E-state index in [4.69, 9.17) is 5.41 Å². The minimum Gasteiger partial charge on any atom is -0.241 e. The maximum atomic E-state index is 6.80. The number of fused-ring (bicyclic) bond motifs is 1. The van der Waals surface area contributed by atoms with Gasteiger partial charge in [-0.3, -0.25) is 0 Å². The second kappa shape index (κ2) is 3.21. The molecule has 0 saturated heterocycles. The summed E-state index contributed by atoms with van der Waals surface area (Å²) in [5, 5.41) is 9.00. The SMILES string of the molecule is N=C=Nc1cccc2ccccc12. The smallest absolute Gasteiger partial charge is 0.0918 e. The van der Waals surface area contributed by atoms with E-state index in [0.29, 0.717) is 0 Å². The number of nitrogens with zero attached hydrogens (tertiary/aromatic N) is 1. The summed E-state index contributed by atoms with van der Waals surface area (Å²) in [5.41, 5.74) is 0.799. The first kappa shape index (κ1) is 7.71. The van der Waals surface area contributed by atoms with Crippen molar-refractivity contribution in [1.29, 1.82) is 5.41 Å². The lowest BCUT2D eigenvalue weighted by Gasteiger charge is -1.98. The molecule has 2 aromatic carbocycles. The van der Waals surface area contributed by atoms with Crippen molar-refractivity contribution in [2.75, 3.05) is 0 Å². The Hall–Kier alpha value is -1.92. The minimum absolute atomic E-state index is 0.799. The van der Waals surface area contributed by atoms with Crippen LogP contribution in [-0.4, -0.2) is 6.01 Å². The fraction of sp³-hybridized carbons (Fsp3) is 0. The van der Waals surface area contributed by atoms with Crippen LogP contribution >= 0.6 is 0 Å². The minimum atomic E-state index is 0.799. The van der Waals surface area contributed by atoms with Crippen LogP contribution in [0.25, 0.3) is 10.8 Å². The van der Waals surface area contributed by atoms with E-state index < -0.39 is 0 Å². The molecule has 0 aliphatic heterocycles. The van der Waals surface area contributed by atoms with Crippen LogP contribution < -0.4 is 0 Å². The maximum absolute atomic E-state index is 6.80. The van der Waals surface area contributed by atoms with Gasteiger partial charge in [-0.15, -0.1) is 0 Å². The lowest BCUT2D eigenvalue weighted by molar-refractivity contribution is 1.51. The Bertz CT molecular complexity index is 477. The van der Waals surface area contributed by atoms with Gasteiger partial charge in [0.15, 0.2) is 0 Å². The summed E-state index contributed by atoms with van der Waals surface area (Å²) in [6, 6.07) is 15.9. The fourth-order valence-electron chi connectivity index (χ4n) is 1.37. The molecule has 0 amide bonds. The van der Waals surface area contributed by atoms with E-state index in [0.717, 1.165) is 16.5 Å². The van der Waals surface area contributed by atoms with E-state index in [1.807, 2.05) is 42.5 Å². The predicted molar refractivity (Wildman–Crippen MR) is 53.8 cm³/mol. The summed E-state index contributed by atoms with van der Waals surface area (Å²) < 4.78 is 0. The molecule has 0 aliphatic rings. The Morgan fingerprint density at radius 2 is 1.77 bits per heavy atom. The van der Waals surface area contributed by atoms with Crippen LogP contribution in [0.4, 0.5) is 5.69 Å². The molecular weight excluding hydrogens is 160 g/mol. The normalized spacial score (nSPS) is 9.54. The van der Waals surface area contributed by atoms with Gasteiger partial charge >= 0.3 is 0 Å². The molecule has 62 valence electrons. The molecule has 0 bridgehead atoms. The Kier molecular flexibility index (Phi) is 1.91. The summed E-state index contributed by atoms with van der Waals surface area (Å²) in [5.74, 6) is 0. The van der Waals surface area contributed by atoms with Crippen molar-refractivity contribution in [3.05, 3.63) is 42.5 Å². The third kappa shape index (κ3) is 1.35. The third-order valence-corrected chi connectivity index (χ3v) is 1.94. The lowest BCUT2D eigenvalue weighted by atomic mass is 10.1. The first-order chi connectivity index (χ1) is 6.42. The Balaban J connectivity index is 2.82. The van der Waals surface area contributed by atoms with E-state index in [9.17, 15) is 0 Å². The van der Waals surface area contributed by atoms with Crippen LogP contribution in [-0.2, 0) is 0 Å². The van der Waals surface area contributed by atoms with E-state index in [-0.39, 0.29) is 0 Å². The zero-order valence-electron chi connectivity index (χ0n) is 6.99. The number of aliphatic imine (C=N–C) groups is 1. The highest BCUT2D eigenvalue weighted by atomic mass is 14.7. The van der Waals surface area contributed by atoms with E-state index in [1.165, 1.54) is 0 Å². The Morgan fingerprint density at radius 3 is 2.62 bits per heavy atom. The molecule has 0 fully saturated rings. The van der Waals surface area contributed by atoms with Gasteiger partial charge in [0.05, 0.1) is 11.7 Å². The average molecular weight is 168 g/mol. The van der Waals surface area contributed by atoms with Gasteiger partial charge < -0.3 is 0 Å². The van der Waals surface area contributed by atoms with E-state index >= 15 is 0 Å². The van der Waals surface area contributed by atoms with Gasteiger partial charge in [-0.2, -0.15) is 4.99 Å². The number of hydrogen-bond acceptors (Lipinski definition) is 2. The predicted octanol–water partition coefficient (Wildman–Crippen LogP) is 3.22. The summed E-state index contributed by atoms with van der Waals surface area (Å²) in [4.78, 5) is 3.85. The van der Waals surface area contributed by atoms with Crippen LogP contribution in [0.1, 0.15) is 0 Å². The molecule has 0 radical (unpaired) electrons. The topological polar surface area (TPSA) is 36.2 Å². The number of hydrogen-bond donors (Lipinski definition) is 1. The van der Waals surface area contributed by atoms with Crippen molar-refractivity contribution in [3.63, 3.8) is 0 Å². The van der Waals surface area contributed by atoms with E-state index in [1.54, 1.807) is 0 Å². The molecule has 0 heterocycles. The number of nitrogens with one attached hydrogen (secondary N) is 1. The van der Waals surface area contributed by atoms with Crippen LogP contribution in [0.5, 0.6) is 0 Å². The van der Waals surface area contributed by atoms with Crippen LogP contribution in [0, 0.1) is 5.41 Å². The van der Waals surface area contributed by atoms with Crippen molar-refractivity contribution in [1.82, 2.24) is 0 Å². The molecule has 2 rings (SSSR count). The van der Waals surface area contributed by atoms with Gasteiger partial charge in [-0.1, -0.05) is 36.4 Å². The molecule has 0 aromatic heterocycles. The number of rotatable bonds is 1. The highest BCUT2D eigenvalue weighted by molar-refractivity contribution is 5.93. The molecule has 0 unspecified atom stereocenters. The van der Waals surface area contributed by atoms with Crippen molar-refractivity contribution >= 4 is 22.5 Å². The monoisotopic (exact) mass is 168 g/mol. The second-order valence-corrected chi connectivity index (χ2v) is 2.72. The first-order valence-corrected chi connectivity index (χ1v) is 4.02. The van der Waals surface area contributed by atoms with Crippen molar-refractivity contribution in [3.8, 4) is 0 Å². The van der Waals surface area contributed by atoms with Gasteiger partial charge in [0, 0.05) is 5.39 Å². The molecular formula is C11H8N2. The second-order valence-electron chi connectivity index (χ2n) is 2.72. The summed E-state index contributed by atoms with van der Waals surface area (Å²) in [7, 11) is 0. The van der Waals surface area contributed by atoms with Gasteiger partial charge in [-0.25, -0.2) is 5.41 Å². The van der Waals surface area contributed by atoms with Crippen molar-refractivity contribution in [2.24, 2.45) is 4.99 Å². The van der Waals surface area contributed by atoms with E-state index in [2.05, 4.69) is 11.0 Å². The Morgan fingerprint density at radius 1 is 1.00 bits per heavy atom. The molecule has 13 heavy (non-hydrogen) atoms. The quantitative estimate of drug-likeness (QED) is 0.635. The highest BCUT2D eigenvalue weighted by Gasteiger charge is 1.96. The van der Waals surface area contributed by atoms with Gasteiger partial charge in [0.2, 0.25) is 0 Å². The lowest BCUT2D eigenvalue weighted by Crippen LogP contribution is -1.71. The van der Waals surface area contributed by atoms with Crippen molar-refractivity contribution < 1.29 is 0 Å². The maximum Gasteiger partial charge on any atom is 0.0918 e. The standard InChI is InChI=1S/C11H8N2/c12-8-13-11-7-3-5-9-4-1-2-6-10(9)11/h1-7,12H. The summed E-state index contributed by atoms with van der Waals surface area (Å²) in [6.45, 7) is 0. The molecule has 1 N–H and O–H groups in total. The molecule has 2 aromatic rings. The third-order valence-electron chi connectivity index (χ3n) is 1.94.